The van der Waals surface area contributed by atoms with E-state index in [4.69, 9.17) is 0 Å². The molecule has 2 heterocycles. The third-order valence-corrected chi connectivity index (χ3v) is 6.39. The summed E-state index contributed by atoms with van der Waals surface area (Å²) in [5.41, 5.74) is 1.61. The van der Waals surface area contributed by atoms with Crippen molar-refractivity contribution in [2.75, 3.05) is 12.4 Å². The number of aromatic nitrogens is 3. The van der Waals surface area contributed by atoms with E-state index in [1.54, 1.807) is 18.5 Å². The van der Waals surface area contributed by atoms with E-state index in [0.717, 1.165) is 21.8 Å². The zero-order chi connectivity index (χ0) is 26.1. The van der Waals surface area contributed by atoms with Gasteiger partial charge in [0.2, 0.25) is 5.91 Å². The molecule has 0 aliphatic rings. The van der Waals surface area contributed by atoms with Gasteiger partial charge in [-0.3, -0.25) is 23.5 Å². The SMILES string of the molecule is CNC(C)C(=O)Nc1ncc(-c2ccc(F)cc2)n(CC(=O)n2c3ccccc3c3ccccc32)c1=O. The van der Waals surface area contributed by atoms with Gasteiger partial charge in [0.05, 0.1) is 29.0 Å². The van der Waals surface area contributed by atoms with Crippen molar-refractivity contribution >= 4 is 39.4 Å². The molecule has 0 aliphatic heterocycles. The standard InChI is InChI=1S/C28H24FN5O3/c1-17(30-2)27(36)32-26-28(37)33(24(15-31-26)18-11-13-19(29)14-12-18)16-25(35)34-22-9-5-3-7-20(22)21-8-4-6-10-23(21)34/h3-15,17,30H,16H2,1-2H3,(H,31,32,36). The third-order valence-electron chi connectivity index (χ3n) is 6.39. The maximum atomic E-state index is 13.8. The summed E-state index contributed by atoms with van der Waals surface area (Å²) < 4.78 is 16.4. The molecule has 0 spiro atoms. The fourth-order valence-electron chi connectivity index (χ4n) is 4.33. The van der Waals surface area contributed by atoms with Crippen LogP contribution < -0.4 is 16.2 Å². The van der Waals surface area contributed by atoms with Crippen LogP contribution in [-0.2, 0) is 11.3 Å². The first kappa shape index (κ1) is 24.1. The number of benzene rings is 3. The lowest BCUT2D eigenvalue weighted by atomic mass is 10.1. The minimum Gasteiger partial charge on any atom is -0.309 e. The third kappa shape index (κ3) is 4.41. The Balaban J connectivity index is 1.64. The summed E-state index contributed by atoms with van der Waals surface area (Å²) in [5, 5.41) is 7.17. The smallest absolute Gasteiger partial charge is 0.294 e. The van der Waals surface area contributed by atoms with Gasteiger partial charge in [0.15, 0.2) is 5.82 Å². The fourth-order valence-corrected chi connectivity index (χ4v) is 4.33. The molecule has 0 saturated heterocycles. The first-order valence-electron chi connectivity index (χ1n) is 11.7. The van der Waals surface area contributed by atoms with Gasteiger partial charge in [-0.15, -0.1) is 0 Å². The van der Waals surface area contributed by atoms with E-state index in [2.05, 4.69) is 15.6 Å². The normalized spacial score (nSPS) is 12.1. The molecule has 0 bridgehead atoms. The number of para-hydroxylation sites is 2. The first-order chi connectivity index (χ1) is 17.9. The zero-order valence-electron chi connectivity index (χ0n) is 20.2. The van der Waals surface area contributed by atoms with Gasteiger partial charge in [0.1, 0.15) is 12.4 Å². The molecule has 2 N–H and O–H groups in total. The molecule has 0 aliphatic carbocycles. The minimum atomic E-state index is -0.646. The number of hydrogen-bond acceptors (Lipinski definition) is 5. The van der Waals surface area contributed by atoms with Gasteiger partial charge in [0, 0.05) is 16.3 Å². The van der Waals surface area contributed by atoms with Gasteiger partial charge in [-0.05, 0) is 50.4 Å². The van der Waals surface area contributed by atoms with Crippen LogP contribution in [0.5, 0.6) is 0 Å². The molecular formula is C28H24FN5O3. The summed E-state index contributed by atoms with van der Waals surface area (Å²) in [4.78, 5) is 43.9. The topological polar surface area (TPSA) is 98.0 Å². The minimum absolute atomic E-state index is 0.201. The molecule has 1 unspecified atom stereocenters. The number of amides is 1. The molecule has 0 radical (unpaired) electrons. The highest BCUT2D eigenvalue weighted by molar-refractivity contribution is 6.13. The van der Waals surface area contributed by atoms with Crippen LogP contribution in [0.2, 0.25) is 0 Å². The Morgan fingerprint density at radius 3 is 2.14 bits per heavy atom. The second-order valence-electron chi connectivity index (χ2n) is 8.65. The van der Waals surface area contributed by atoms with Gasteiger partial charge in [0.25, 0.3) is 11.5 Å². The molecule has 0 saturated carbocycles. The second-order valence-corrected chi connectivity index (χ2v) is 8.65. The highest BCUT2D eigenvalue weighted by Gasteiger charge is 2.21. The molecular weight excluding hydrogens is 473 g/mol. The number of halogens is 1. The van der Waals surface area contributed by atoms with Gasteiger partial charge >= 0.3 is 0 Å². The molecule has 3 aromatic carbocycles. The summed E-state index contributed by atoms with van der Waals surface area (Å²) in [6.45, 7) is 1.31. The van der Waals surface area contributed by atoms with E-state index >= 15 is 0 Å². The first-order valence-corrected chi connectivity index (χ1v) is 11.7. The lowest BCUT2D eigenvalue weighted by Crippen LogP contribution is -2.38. The van der Waals surface area contributed by atoms with Gasteiger partial charge in [-0.25, -0.2) is 9.37 Å². The molecule has 9 heteroatoms. The Labute approximate surface area is 211 Å². The maximum absolute atomic E-state index is 13.8. The van der Waals surface area contributed by atoms with E-state index in [0.29, 0.717) is 11.3 Å². The summed E-state index contributed by atoms with van der Waals surface area (Å²) in [7, 11) is 1.62. The Hall–Kier alpha value is -4.63. The number of hydrogen-bond donors (Lipinski definition) is 2. The Morgan fingerprint density at radius 1 is 0.946 bits per heavy atom. The van der Waals surface area contributed by atoms with Crippen molar-refractivity contribution in [1.82, 2.24) is 19.4 Å². The van der Waals surface area contributed by atoms with E-state index in [1.807, 2.05) is 48.5 Å². The van der Waals surface area contributed by atoms with Gasteiger partial charge in [-0.2, -0.15) is 0 Å². The van der Waals surface area contributed by atoms with Crippen LogP contribution in [0.15, 0.2) is 83.8 Å². The number of nitrogens with one attached hydrogen (secondary N) is 2. The number of rotatable bonds is 6. The zero-order valence-corrected chi connectivity index (χ0v) is 20.2. The van der Waals surface area contributed by atoms with Crippen LogP contribution in [-0.4, -0.2) is 39.0 Å². The average Bonchev–Trinajstić information content (AvgIpc) is 3.25. The van der Waals surface area contributed by atoms with Crippen molar-refractivity contribution in [2.45, 2.75) is 19.5 Å². The summed E-state index contributed by atoms with van der Waals surface area (Å²) in [5.74, 6) is -1.43. The summed E-state index contributed by atoms with van der Waals surface area (Å²) in [6.07, 6.45) is 1.40. The highest BCUT2D eigenvalue weighted by atomic mass is 19.1. The number of anilines is 1. The molecule has 5 aromatic rings. The van der Waals surface area contributed by atoms with Crippen LogP contribution in [0.4, 0.5) is 10.2 Å². The quantitative estimate of drug-likeness (QED) is 0.369. The molecule has 0 fully saturated rings. The lowest BCUT2D eigenvalue weighted by molar-refractivity contribution is -0.117. The highest BCUT2D eigenvalue weighted by Crippen LogP contribution is 2.29. The predicted molar refractivity (Wildman–Crippen MR) is 141 cm³/mol. The van der Waals surface area contributed by atoms with Crippen molar-refractivity contribution in [2.24, 2.45) is 0 Å². The number of carbonyl (C=O) groups excluding carboxylic acids is 2. The molecule has 5 rings (SSSR count). The van der Waals surface area contributed by atoms with E-state index in [-0.39, 0.29) is 18.3 Å². The molecule has 8 nitrogen and oxygen atoms in total. The molecule has 186 valence electrons. The average molecular weight is 498 g/mol. The van der Waals surface area contributed by atoms with Crippen LogP contribution in [0.3, 0.4) is 0 Å². The number of likely N-dealkylation sites (N-methyl/N-ethyl adjacent to an activating group) is 1. The van der Waals surface area contributed by atoms with Crippen molar-refractivity contribution in [3.05, 3.63) is 95.2 Å². The fraction of sp³-hybridized carbons (Fsp3) is 0.143. The molecule has 2 aromatic heterocycles. The molecule has 1 atom stereocenters. The van der Waals surface area contributed by atoms with Crippen LogP contribution >= 0.6 is 0 Å². The van der Waals surface area contributed by atoms with Crippen LogP contribution in [0.1, 0.15) is 11.7 Å². The second kappa shape index (κ2) is 9.79. The Kier molecular flexibility index (Phi) is 6.37. The molecule has 37 heavy (non-hydrogen) atoms. The summed E-state index contributed by atoms with van der Waals surface area (Å²) in [6, 6.07) is 20.1. The van der Waals surface area contributed by atoms with Crippen LogP contribution in [0.25, 0.3) is 33.1 Å². The van der Waals surface area contributed by atoms with Gasteiger partial charge < -0.3 is 10.6 Å². The predicted octanol–water partition coefficient (Wildman–Crippen LogP) is 4.04. The number of fused-ring (bicyclic) bond motifs is 3. The van der Waals surface area contributed by atoms with Gasteiger partial charge in [-0.1, -0.05) is 36.4 Å². The number of carbonyl (C=O) groups is 2. The van der Waals surface area contributed by atoms with Crippen LogP contribution in [0, 0.1) is 5.82 Å². The van der Waals surface area contributed by atoms with E-state index in [1.165, 1.54) is 35.0 Å². The molecule has 1 amide bonds. The number of nitrogens with zero attached hydrogens (tertiary/aromatic N) is 3. The monoisotopic (exact) mass is 497 g/mol. The Bertz CT molecular complexity index is 1650. The van der Waals surface area contributed by atoms with E-state index in [9.17, 15) is 18.8 Å². The van der Waals surface area contributed by atoms with Crippen molar-refractivity contribution < 1.29 is 14.0 Å². The largest absolute Gasteiger partial charge is 0.309 e. The van der Waals surface area contributed by atoms with E-state index < -0.39 is 23.3 Å². The summed E-state index contributed by atoms with van der Waals surface area (Å²) >= 11 is 0. The lowest BCUT2D eigenvalue weighted by Gasteiger charge is -2.16. The van der Waals surface area contributed by atoms with Crippen molar-refractivity contribution in [3.63, 3.8) is 0 Å². The van der Waals surface area contributed by atoms with Crippen molar-refractivity contribution in [1.29, 1.82) is 0 Å². The maximum Gasteiger partial charge on any atom is 0.294 e. The van der Waals surface area contributed by atoms with Crippen molar-refractivity contribution in [3.8, 4) is 11.3 Å². The Morgan fingerprint density at radius 2 is 1.54 bits per heavy atom.